The lowest BCUT2D eigenvalue weighted by Crippen LogP contribution is -2.28. The van der Waals surface area contributed by atoms with Crippen molar-refractivity contribution >= 4 is 32.9 Å². The molecule has 0 aliphatic heterocycles. The van der Waals surface area contributed by atoms with Crippen molar-refractivity contribution in [1.29, 1.82) is 0 Å². The minimum absolute atomic E-state index is 0.296. The molecule has 28 heavy (non-hydrogen) atoms. The normalized spacial score (nSPS) is 12.4. The van der Waals surface area contributed by atoms with Gasteiger partial charge in [-0.3, -0.25) is 9.59 Å². The van der Waals surface area contributed by atoms with Crippen LogP contribution in [-0.2, 0) is 19.6 Å². The Labute approximate surface area is 164 Å². The van der Waals surface area contributed by atoms with E-state index in [1.54, 1.807) is 0 Å². The first-order valence-corrected chi connectivity index (χ1v) is 10.2. The molecule has 1 heterocycles. The van der Waals surface area contributed by atoms with E-state index in [0.717, 1.165) is 23.0 Å². The number of hydrogen-bond acceptors (Lipinski definition) is 5. The van der Waals surface area contributed by atoms with Gasteiger partial charge in [0.1, 0.15) is 5.25 Å². The number of carboxylic acids is 2. The van der Waals surface area contributed by atoms with Gasteiger partial charge in [-0.1, -0.05) is 6.07 Å². The Balaban J connectivity index is 0.000000416. The molecule has 156 valence electrons. The maximum absolute atomic E-state index is 12.2. The van der Waals surface area contributed by atoms with Gasteiger partial charge in [0.25, 0.3) is 0 Å². The third-order valence-corrected chi connectivity index (χ3v) is 5.83. The van der Waals surface area contributed by atoms with E-state index in [1.165, 1.54) is 7.05 Å². The highest BCUT2D eigenvalue weighted by atomic mass is 32.2. The predicted molar refractivity (Wildman–Crippen MR) is 107 cm³/mol. The van der Waals surface area contributed by atoms with Crippen LogP contribution in [0.25, 0.3) is 10.9 Å². The van der Waals surface area contributed by atoms with Gasteiger partial charge in [-0.25, -0.2) is 13.1 Å². The number of hydrogen-bond donors (Lipinski definition) is 4. The summed E-state index contributed by atoms with van der Waals surface area (Å²) in [5.41, 5.74) is 1.84. The Morgan fingerprint density at radius 3 is 2.25 bits per heavy atom. The molecule has 0 bridgehead atoms. The van der Waals surface area contributed by atoms with Crippen LogP contribution in [0.1, 0.15) is 30.1 Å². The summed E-state index contributed by atoms with van der Waals surface area (Å²) in [6.45, 7) is 0.719. The van der Waals surface area contributed by atoms with E-state index >= 15 is 0 Å². The monoisotopic (exact) mass is 413 g/mol. The fraction of sp³-hybridized carbons (Fsp3) is 0.444. The molecule has 0 fully saturated rings. The van der Waals surface area contributed by atoms with Gasteiger partial charge in [0.15, 0.2) is 0 Å². The van der Waals surface area contributed by atoms with E-state index in [2.05, 4.69) is 9.71 Å². The summed E-state index contributed by atoms with van der Waals surface area (Å²) in [5.74, 6) is -2.15. The minimum Gasteiger partial charge on any atom is -0.481 e. The summed E-state index contributed by atoms with van der Waals surface area (Å²) in [6, 6.07) is 7.71. The highest BCUT2D eigenvalue weighted by molar-refractivity contribution is 7.89. The molecule has 0 amide bonds. The van der Waals surface area contributed by atoms with Gasteiger partial charge in [0, 0.05) is 11.7 Å². The molecular formula is C18H27N3O6S. The van der Waals surface area contributed by atoms with Gasteiger partial charge in [0.2, 0.25) is 10.0 Å². The van der Waals surface area contributed by atoms with Gasteiger partial charge >= 0.3 is 11.9 Å². The molecule has 0 saturated carbocycles. The van der Waals surface area contributed by atoms with Crippen molar-refractivity contribution in [3.05, 3.63) is 36.0 Å². The molecule has 0 aliphatic carbocycles. The topological polar surface area (TPSA) is 140 Å². The zero-order chi connectivity index (χ0) is 21.3. The van der Waals surface area contributed by atoms with Crippen LogP contribution in [0.5, 0.6) is 0 Å². The first-order valence-electron chi connectivity index (χ1n) is 8.64. The second-order valence-corrected chi connectivity index (χ2v) is 8.51. The van der Waals surface area contributed by atoms with Crippen molar-refractivity contribution < 1.29 is 28.2 Å². The van der Waals surface area contributed by atoms with Gasteiger partial charge in [0.05, 0.1) is 12.8 Å². The molecule has 1 aromatic heterocycles. The van der Waals surface area contributed by atoms with Crippen LogP contribution >= 0.6 is 0 Å². The third kappa shape index (κ3) is 7.67. The second kappa shape index (κ2) is 10.8. The lowest BCUT2D eigenvalue weighted by atomic mass is 10.1. The average Bonchev–Trinajstić information content (AvgIpc) is 3.08. The summed E-state index contributed by atoms with van der Waals surface area (Å²) in [4.78, 5) is 24.4. The molecule has 0 saturated heterocycles. The summed E-state index contributed by atoms with van der Waals surface area (Å²) in [5, 5.41) is 16.3. The number of benzene rings is 1. The van der Waals surface area contributed by atoms with Crippen LogP contribution in [-0.4, -0.2) is 68.1 Å². The van der Waals surface area contributed by atoms with E-state index < -0.39 is 27.2 Å². The highest BCUT2D eigenvalue weighted by Crippen LogP contribution is 2.28. The van der Waals surface area contributed by atoms with Crippen molar-refractivity contribution in [2.45, 2.75) is 24.5 Å². The number of fused-ring (bicyclic) bond motifs is 1. The summed E-state index contributed by atoms with van der Waals surface area (Å²) < 4.78 is 27.0. The average molecular weight is 413 g/mol. The molecule has 2 rings (SSSR count). The molecule has 0 spiro atoms. The lowest BCUT2D eigenvalue weighted by molar-refractivity contribution is -0.143. The number of nitrogens with zero attached hydrogens (tertiary/aromatic N) is 1. The number of carbonyl (C=O) groups is 2. The third-order valence-electron chi connectivity index (χ3n) is 4.00. The maximum atomic E-state index is 12.2. The zero-order valence-corrected chi connectivity index (χ0v) is 17.0. The Morgan fingerprint density at radius 1 is 1.14 bits per heavy atom. The fourth-order valence-electron chi connectivity index (χ4n) is 2.50. The van der Waals surface area contributed by atoms with Gasteiger partial charge in [-0.2, -0.15) is 0 Å². The SMILES string of the molecule is CNS(=O)(=O)C(CCN(C)C)c1ccc2[nH]ccc2c1.O=C(O)CCC(=O)O. The summed E-state index contributed by atoms with van der Waals surface area (Å²) in [7, 11) is 2.00. The lowest BCUT2D eigenvalue weighted by Gasteiger charge is -2.19. The van der Waals surface area contributed by atoms with Crippen molar-refractivity contribution in [3.63, 3.8) is 0 Å². The Kier molecular flexibility index (Phi) is 9.10. The largest absolute Gasteiger partial charge is 0.481 e. The number of H-pyrrole nitrogens is 1. The Hall–Kier alpha value is -2.43. The number of sulfonamides is 1. The minimum atomic E-state index is -3.35. The Bertz CT molecular complexity index is 878. The highest BCUT2D eigenvalue weighted by Gasteiger charge is 2.26. The molecule has 4 N–H and O–H groups in total. The first-order chi connectivity index (χ1) is 13.1. The molecule has 10 heteroatoms. The first kappa shape index (κ1) is 23.6. The molecule has 1 unspecified atom stereocenters. The van der Waals surface area contributed by atoms with Gasteiger partial charge in [-0.15, -0.1) is 0 Å². The quantitative estimate of drug-likeness (QED) is 0.490. The second-order valence-electron chi connectivity index (χ2n) is 6.44. The number of rotatable bonds is 9. The number of carboxylic acid groups (broad SMARTS) is 2. The van der Waals surface area contributed by atoms with Crippen molar-refractivity contribution in [1.82, 2.24) is 14.6 Å². The number of nitrogens with one attached hydrogen (secondary N) is 2. The molecule has 2 aromatic rings. The summed E-state index contributed by atoms with van der Waals surface area (Å²) >= 11 is 0. The van der Waals surface area contributed by atoms with E-state index in [1.807, 2.05) is 49.5 Å². The van der Waals surface area contributed by atoms with Crippen LogP contribution in [0.3, 0.4) is 0 Å². The van der Waals surface area contributed by atoms with E-state index in [0.29, 0.717) is 6.42 Å². The standard InChI is InChI=1S/C14H21N3O2S.C4H6O4/c1-15-20(18,19)14(7-9-17(2)3)12-4-5-13-11(10-12)6-8-16-13;5-3(6)1-2-4(7)8/h4-6,8,10,14-16H,7,9H2,1-3H3;1-2H2,(H,5,6)(H,7,8). The van der Waals surface area contributed by atoms with Crippen LogP contribution in [0.4, 0.5) is 0 Å². The maximum Gasteiger partial charge on any atom is 0.303 e. The van der Waals surface area contributed by atoms with Crippen LogP contribution in [0, 0.1) is 0 Å². The van der Waals surface area contributed by atoms with E-state index in [9.17, 15) is 18.0 Å². The fourth-order valence-corrected chi connectivity index (χ4v) is 3.71. The molecule has 0 aliphatic rings. The molecule has 9 nitrogen and oxygen atoms in total. The molecule has 0 radical (unpaired) electrons. The van der Waals surface area contributed by atoms with Crippen molar-refractivity contribution in [3.8, 4) is 0 Å². The Morgan fingerprint density at radius 2 is 1.75 bits per heavy atom. The van der Waals surface area contributed by atoms with E-state index in [4.69, 9.17) is 10.2 Å². The summed E-state index contributed by atoms with van der Waals surface area (Å²) in [6.07, 6.45) is 1.83. The number of aliphatic carboxylic acids is 2. The number of aromatic amines is 1. The van der Waals surface area contributed by atoms with Crippen molar-refractivity contribution in [2.75, 3.05) is 27.7 Å². The van der Waals surface area contributed by atoms with E-state index in [-0.39, 0.29) is 12.8 Å². The van der Waals surface area contributed by atoms with Crippen LogP contribution in [0.15, 0.2) is 30.5 Å². The van der Waals surface area contributed by atoms with Gasteiger partial charge in [-0.05, 0) is 63.3 Å². The molecule has 1 atom stereocenters. The number of aromatic nitrogens is 1. The molecular weight excluding hydrogens is 386 g/mol. The van der Waals surface area contributed by atoms with Crippen LogP contribution in [0.2, 0.25) is 0 Å². The smallest absolute Gasteiger partial charge is 0.303 e. The van der Waals surface area contributed by atoms with Gasteiger partial charge < -0.3 is 20.1 Å². The zero-order valence-electron chi connectivity index (χ0n) is 16.2. The predicted octanol–water partition coefficient (Wildman–Crippen LogP) is 1.65. The van der Waals surface area contributed by atoms with Crippen molar-refractivity contribution in [2.24, 2.45) is 0 Å². The van der Waals surface area contributed by atoms with Crippen LogP contribution < -0.4 is 4.72 Å². The molecule has 1 aromatic carbocycles.